The second-order valence-corrected chi connectivity index (χ2v) is 5.52. The SMILES string of the molecule is O=C(C#Cc1ccc(Cl)cc1)N1CCN(c2ncccn2)CC1. The first-order chi connectivity index (χ1) is 11.2. The maximum absolute atomic E-state index is 12.2. The number of aromatic nitrogens is 2. The van der Waals surface area contributed by atoms with E-state index in [0.717, 1.165) is 5.56 Å². The Kier molecular flexibility index (Phi) is 4.74. The molecule has 0 bridgehead atoms. The molecule has 1 saturated heterocycles. The van der Waals surface area contributed by atoms with Gasteiger partial charge in [0.05, 0.1) is 0 Å². The molecule has 116 valence electrons. The fraction of sp³-hybridized carbons (Fsp3) is 0.235. The van der Waals surface area contributed by atoms with Gasteiger partial charge in [0.25, 0.3) is 5.91 Å². The Balaban J connectivity index is 1.57. The fourth-order valence-corrected chi connectivity index (χ4v) is 2.43. The summed E-state index contributed by atoms with van der Waals surface area (Å²) in [5, 5.41) is 0.654. The van der Waals surface area contributed by atoms with Crippen molar-refractivity contribution in [3.05, 3.63) is 53.3 Å². The van der Waals surface area contributed by atoms with Gasteiger partial charge in [-0.15, -0.1) is 0 Å². The van der Waals surface area contributed by atoms with Gasteiger partial charge in [-0.2, -0.15) is 0 Å². The van der Waals surface area contributed by atoms with Crippen LogP contribution in [0.15, 0.2) is 42.7 Å². The van der Waals surface area contributed by atoms with E-state index >= 15 is 0 Å². The summed E-state index contributed by atoms with van der Waals surface area (Å²) in [6, 6.07) is 8.90. The van der Waals surface area contributed by atoms with Gasteiger partial charge in [-0.25, -0.2) is 9.97 Å². The van der Waals surface area contributed by atoms with E-state index in [1.807, 2.05) is 0 Å². The molecule has 0 unspecified atom stereocenters. The average molecular weight is 327 g/mol. The van der Waals surface area contributed by atoms with Crippen molar-refractivity contribution in [3.63, 3.8) is 0 Å². The topological polar surface area (TPSA) is 49.3 Å². The van der Waals surface area contributed by atoms with Crippen molar-refractivity contribution in [1.29, 1.82) is 0 Å². The number of amides is 1. The minimum Gasteiger partial charge on any atom is -0.337 e. The fourth-order valence-electron chi connectivity index (χ4n) is 2.30. The lowest BCUT2D eigenvalue weighted by molar-refractivity contribution is -0.125. The van der Waals surface area contributed by atoms with Crippen LogP contribution in [0.5, 0.6) is 0 Å². The molecule has 0 radical (unpaired) electrons. The van der Waals surface area contributed by atoms with E-state index < -0.39 is 0 Å². The summed E-state index contributed by atoms with van der Waals surface area (Å²) < 4.78 is 0. The number of anilines is 1. The second-order valence-electron chi connectivity index (χ2n) is 5.08. The number of hydrogen-bond acceptors (Lipinski definition) is 4. The second kappa shape index (κ2) is 7.12. The molecule has 2 heterocycles. The molecule has 0 saturated carbocycles. The standard InChI is InChI=1S/C17H15ClN4O/c18-15-5-2-14(3-6-15)4-7-16(23)21-10-12-22(13-11-21)17-19-8-1-9-20-17/h1-3,5-6,8-9H,10-13H2. The molecule has 1 aliphatic heterocycles. The maximum atomic E-state index is 12.2. The minimum atomic E-state index is -0.159. The largest absolute Gasteiger partial charge is 0.337 e. The first-order valence-electron chi connectivity index (χ1n) is 7.31. The summed E-state index contributed by atoms with van der Waals surface area (Å²) in [5.41, 5.74) is 0.777. The highest BCUT2D eigenvalue weighted by molar-refractivity contribution is 6.30. The number of piperazine rings is 1. The van der Waals surface area contributed by atoms with Crippen molar-refractivity contribution in [2.45, 2.75) is 0 Å². The molecule has 0 spiro atoms. The van der Waals surface area contributed by atoms with E-state index in [4.69, 9.17) is 11.6 Å². The van der Waals surface area contributed by atoms with E-state index in [1.165, 1.54) is 0 Å². The summed E-state index contributed by atoms with van der Waals surface area (Å²) in [6.45, 7) is 2.65. The average Bonchev–Trinajstić information content (AvgIpc) is 2.62. The molecule has 0 aliphatic carbocycles. The number of nitrogens with zero attached hydrogens (tertiary/aromatic N) is 4. The predicted octanol–water partition coefficient (Wildman–Crippen LogP) is 1.83. The van der Waals surface area contributed by atoms with Crippen molar-refractivity contribution in [1.82, 2.24) is 14.9 Å². The van der Waals surface area contributed by atoms with Gasteiger partial charge in [-0.1, -0.05) is 17.5 Å². The molecule has 3 rings (SSSR count). The first-order valence-corrected chi connectivity index (χ1v) is 7.68. The van der Waals surface area contributed by atoms with Gasteiger partial charge in [-0.05, 0) is 30.3 Å². The Hall–Kier alpha value is -2.58. The molecule has 1 fully saturated rings. The van der Waals surface area contributed by atoms with E-state index in [2.05, 4.69) is 26.7 Å². The van der Waals surface area contributed by atoms with Crippen LogP contribution in [0.1, 0.15) is 5.56 Å². The zero-order valence-corrected chi connectivity index (χ0v) is 13.2. The van der Waals surface area contributed by atoms with Crippen molar-refractivity contribution < 1.29 is 4.79 Å². The summed E-state index contributed by atoms with van der Waals surface area (Å²) in [4.78, 5) is 24.4. The van der Waals surface area contributed by atoms with Gasteiger partial charge >= 0.3 is 0 Å². The molecular formula is C17H15ClN4O. The van der Waals surface area contributed by atoms with Crippen molar-refractivity contribution in [3.8, 4) is 11.8 Å². The predicted molar refractivity (Wildman–Crippen MR) is 89.2 cm³/mol. The van der Waals surface area contributed by atoms with Crippen LogP contribution < -0.4 is 4.90 Å². The minimum absolute atomic E-state index is 0.159. The van der Waals surface area contributed by atoms with Crippen molar-refractivity contribution in [2.24, 2.45) is 0 Å². The monoisotopic (exact) mass is 326 g/mol. The van der Waals surface area contributed by atoms with Crippen molar-refractivity contribution >= 4 is 23.5 Å². The first kappa shape index (κ1) is 15.3. The normalized spacial score (nSPS) is 14.1. The summed E-state index contributed by atoms with van der Waals surface area (Å²) in [5.74, 6) is 6.10. The Bertz CT molecular complexity index is 729. The van der Waals surface area contributed by atoms with Gasteiger partial charge < -0.3 is 9.80 Å². The lowest BCUT2D eigenvalue weighted by atomic mass is 10.2. The molecule has 5 nitrogen and oxygen atoms in total. The van der Waals surface area contributed by atoms with Crippen LogP contribution in [0.4, 0.5) is 5.95 Å². The Morgan fingerprint density at radius 3 is 2.35 bits per heavy atom. The molecule has 1 aromatic carbocycles. The number of benzene rings is 1. The quantitative estimate of drug-likeness (QED) is 0.750. The van der Waals surface area contributed by atoms with Crippen LogP contribution >= 0.6 is 11.6 Å². The number of carbonyl (C=O) groups excluding carboxylic acids is 1. The molecule has 0 atom stereocenters. The van der Waals surface area contributed by atoms with Crippen LogP contribution in [-0.4, -0.2) is 47.0 Å². The van der Waals surface area contributed by atoms with Gasteiger partial charge in [0.1, 0.15) is 0 Å². The van der Waals surface area contributed by atoms with E-state index in [-0.39, 0.29) is 5.91 Å². The third-order valence-electron chi connectivity index (χ3n) is 3.56. The molecular weight excluding hydrogens is 312 g/mol. The van der Waals surface area contributed by atoms with Crippen LogP contribution in [-0.2, 0) is 4.79 Å². The molecule has 1 aromatic heterocycles. The summed E-state index contributed by atoms with van der Waals surface area (Å²) in [6.07, 6.45) is 3.44. The summed E-state index contributed by atoms with van der Waals surface area (Å²) in [7, 11) is 0. The van der Waals surface area contributed by atoms with E-state index in [1.54, 1.807) is 47.6 Å². The van der Waals surface area contributed by atoms with Crippen LogP contribution in [0.25, 0.3) is 0 Å². The number of halogens is 1. The van der Waals surface area contributed by atoms with Gasteiger partial charge in [0.2, 0.25) is 5.95 Å². The zero-order valence-electron chi connectivity index (χ0n) is 12.4. The van der Waals surface area contributed by atoms with Crippen molar-refractivity contribution in [2.75, 3.05) is 31.1 Å². The third-order valence-corrected chi connectivity index (χ3v) is 3.81. The Morgan fingerprint density at radius 1 is 1.04 bits per heavy atom. The van der Waals surface area contributed by atoms with E-state index in [0.29, 0.717) is 37.1 Å². The Morgan fingerprint density at radius 2 is 1.70 bits per heavy atom. The van der Waals surface area contributed by atoms with E-state index in [9.17, 15) is 4.79 Å². The van der Waals surface area contributed by atoms with Crippen LogP contribution in [0.2, 0.25) is 5.02 Å². The highest BCUT2D eigenvalue weighted by Crippen LogP contribution is 2.10. The summed E-state index contributed by atoms with van der Waals surface area (Å²) >= 11 is 5.82. The molecule has 6 heteroatoms. The molecule has 23 heavy (non-hydrogen) atoms. The van der Waals surface area contributed by atoms with Crippen LogP contribution in [0.3, 0.4) is 0 Å². The molecule has 0 N–H and O–H groups in total. The lowest BCUT2D eigenvalue weighted by Gasteiger charge is -2.33. The molecule has 2 aromatic rings. The molecule has 1 amide bonds. The Labute approximate surface area is 139 Å². The highest BCUT2D eigenvalue weighted by atomic mass is 35.5. The number of hydrogen-bond donors (Lipinski definition) is 0. The van der Waals surface area contributed by atoms with Gasteiger partial charge in [0, 0.05) is 55.1 Å². The highest BCUT2D eigenvalue weighted by Gasteiger charge is 2.21. The third kappa shape index (κ3) is 3.99. The number of carbonyl (C=O) groups is 1. The zero-order chi connectivity index (χ0) is 16.1. The lowest BCUT2D eigenvalue weighted by Crippen LogP contribution is -2.49. The smallest absolute Gasteiger partial charge is 0.298 e. The molecule has 1 aliphatic rings. The van der Waals surface area contributed by atoms with Gasteiger partial charge in [0.15, 0.2) is 0 Å². The maximum Gasteiger partial charge on any atom is 0.298 e. The van der Waals surface area contributed by atoms with Gasteiger partial charge in [-0.3, -0.25) is 4.79 Å². The van der Waals surface area contributed by atoms with Crippen LogP contribution in [0, 0.1) is 11.8 Å². The number of rotatable bonds is 1.